The Kier molecular flexibility index (Phi) is 7.03. The van der Waals surface area contributed by atoms with Crippen molar-refractivity contribution in [2.45, 2.75) is 13.0 Å². The molecule has 0 spiro atoms. The van der Waals surface area contributed by atoms with Crippen LogP contribution in [0.1, 0.15) is 6.92 Å². The third-order valence-electron chi connectivity index (χ3n) is 1.83. The van der Waals surface area contributed by atoms with E-state index in [9.17, 15) is 0 Å². The predicted octanol–water partition coefficient (Wildman–Crippen LogP) is 1.46. The van der Waals surface area contributed by atoms with E-state index in [0.717, 1.165) is 5.57 Å². The van der Waals surface area contributed by atoms with Crippen LogP contribution >= 0.6 is 0 Å². The Morgan fingerprint density at radius 3 is 2.00 bits per heavy atom. The summed E-state index contributed by atoms with van der Waals surface area (Å²) in [5.74, 6) is 0. The minimum atomic E-state index is -2.44. The van der Waals surface area contributed by atoms with Crippen molar-refractivity contribution >= 4 is 8.80 Å². The molecule has 84 valence electrons. The van der Waals surface area contributed by atoms with Gasteiger partial charge in [-0.2, -0.15) is 0 Å². The molecule has 5 heteroatoms. The molecule has 0 amide bonds. The van der Waals surface area contributed by atoms with Crippen molar-refractivity contribution in [1.29, 1.82) is 0 Å². The van der Waals surface area contributed by atoms with Crippen LogP contribution in [-0.4, -0.2) is 43.3 Å². The molecule has 0 heterocycles. The fourth-order valence-corrected chi connectivity index (χ4v) is 2.51. The molecule has 0 aromatic rings. The summed E-state index contributed by atoms with van der Waals surface area (Å²) >= 11 is 0. The molecule has 0 aromatic heterocycles. The third kappa shape index (κ3) is 4.87. The van der Waals surface area contributed by atoms with Crippen LogP contribution in [0.4, 0.5) is 0 Å². The first kappa shape index (κ1) is 13.8. The number of rotatable bonds is 8. The van der Waals surface area contributed by atoms with Crippen LogP contribution < -0.4 is 0 Å². The standard InChI is InChI=1S/C9H20O4Si/c1-9(2)8-13-6-7-14(10-3,11-4)12-5/h1,6-8H2,2-5H3. The summed E-state index contributed by atoms with van der Waals surface area (Å²) in [4.78, 5) is 0. The fraction of sp³-hybridized carbons (Fsp3) is 0.778. The first-order chi connectivity index (χ1) is 6.60. The molecule has 0 aliphatic heterocycles. The second-order valence-electron chi connectivity index (χ2n) is 3.06. The minimum absolute atomic E-state index is 0.564. The van der Waals surface area contributed by atoms with Gasteiger partial charge >= 0.3 is 8.80 Å². The number of hydrogen-bond acceptors (Lipinski definition) is 4. The van der Waals surface area contributed by atoms with E-state index < -0.39 is 8.80 Å². The quantitative estimate of drug-likeness (QED) is 0.352. The van der Waals surface area contributed by atoms with Gasteiger partial charge in [0.1, 0.15) is 0 Å². The van der Waals surface area contributed by atoms with Gasteiger partial charge in [0.2, 0.25) is 0 Å². The third-order valence-corrected chi connectivity index (χ3v) is 4.52. The van der Waals surface area contributed by atoms with Crippen molar-refractivity contribution in [3.8, 4) is 0 Å². The first-order valence-electron chi connectivity index (χ1n) is 4.48. The lowest BCUT2D eigenvalue weighted by molar-refractivity contribution is 0.102. The van der Waals surface area contributed by atoms with Crippen LogP contribution in [0.25, 0.3) is 0 Å². The monoisotopic (exact) mass is 220 g/mol. The van der Waals surface area contributed by atoms with Gasteiger partial charge in [0.05, 0.1) is 13.2 Å². The van der Waals surface area contributed by atoms with E-state index in [1.165, 1.54) is 0 Å². The Morgan fingerprint density at radius 2 is 1.64 bits per heavy atom. The van der Waals surface area contributed by atoms with Gasteiger partial charge in [-0.25, -0.2) is 0 Å². The molecule has 0 fully saturated rings. The highest BCUT2D eigenvalue weighted by molar-refractivity contribution is 6.60. The highest BCUT2D eigenvalue weighted by Gasteiger charge is 2.37. The van der Waals surface area contributed by atoms with Gasteiger partial charge in [0, 0.05) is 27.4 Å². The van der Waals surface area contributed by atoms with E-state index in [0.29, 0.717) is 19.3 Å². The highest BCUT2D eigenvalue weighted by atomic mass is 28.4. The summed E-state index contributed by atoms with van der Waals surface area (Å²) in [6.45, 7) is 6.80. The lowest BCUT2D eigenvalue weighted by atomic mass is 10.4. The molecule has 0 unspecified atom stereocenters. The molecule has 0 rings (SSSR count). The van der Waals surface area contributed by atoms with Crippen molar-refractivity contribution in [3.05, 3.63) is 12.2 Å². The highest BCUT2D eigenvalue weighted by Crippen LogP contribution is 2.12. The Morgan fingerprint density at radius 1 is 1.14 bits per heavy atom. The maximum absolute atomic E-state index is 5.35. The molecule has 4 nitrogen and oxygen atoms in total. The summed E-state index contributed by atoms with van der Waals surface area (Å²) in [7, 11) is 2.34. The minimum Gasteiger partial charge on any atom is -0.377 e. The zero-order valence-electron chi connectivity index (χ0n) is 9.46. The molecule has 14 heavy (non-hydrogen) atoms. The van der Waals surface area contributed by atoms with E-state index in [2.05, 4.69) is 6.58 Å². The molecule has 0 atom stereocenters. The second kappa shape index (κ2) is 7.14. The maximum atomic E-state index is 5.35. The van der Waals surface area contributed by atoms with Crippen LogP contribution in [0, 0.1) is 0 Å². The molecule has 0 aromatic carbocycles. The fourth-order valence-electron chi connectivity index (χ4n) is 1.000. The SMILES string of the molecule is C=C(C)COCC[Si](OC)(OC)OC. The molecule has 0 radical (unpaired) electrons. The van der Waals surface area contributed by atoms with E-state index in [-0.39, 0.29) is 0 Å². The van der Waals surface area contributed by atoms with Gasteiger partial charge in [-0.3, -0.25) is 0 Å². The van der Waals surface area contributed by atoms with Gasteiger partial charge in [-0.05, 0) is 6.92 Å². The Balaban J connectivity index is 3.77. The van der Waals surface area contributed by atoms with Crippen molar-refractivity contribution < 1.29 is 18.0 Å². The zero-order chi connectivity index (χ0) is 11.0. The van der Waals surface area contributed by atoms with E-state index in [1.54, 1.807) is 21.3 Å². The lowest BCUT2D eigenvalue weighted by Gasteiger charge is -2.24. The molecular formula is C9H20O4Si. The van der Waals surface area contributed by atoms with Crippen molar-refractivity contribution in [3.63, 3.8) is 0 Å². The first-order valence-corrected chi connectivity index (χ1v) is 6.41. The second-order valence-corrected chi connectivity index (χ2v) is 6.15. The summed E-state index contributed by atoms with van der Waals surface area (Å²) in [6.07, 6.45) is 0. The summed E-state index contributed by atoms with van der Waals surface area (Å²) in [5.41, 5.74) is 1.00. The predicted molar refractivity (Wildman–Crippen MR) is 57.2 cm³/mol. The average Bonchev–Trinajstić information content (AvgIpc) is 2.19. The van der Waals surface area contributed by atoms with Crippen LogP contribution in [0.3, 0.4) is 0 Å². The van der Waals surface area contributed by atoms with E-state index in [4.69, 9.17) is 18.0 Å². The topological polar surface area (TPSA) is 36.9 Å². The molecule has 0 N–H and O–H groups in total. The Hall–Kier alpha value is -0.203. The van der Waals surface area contributed by atoms with Gasteiger partial charge in [0.15, 0.2) is 0 Å². The van der Waals surface area contributed by atoms with E-state index in [1.807, 2.05) is 6.92 Å². The van der Waals surface area contributed by atoms with Crippen molar-refractivity contribution in [2.75, 3.05) is 34.5 Å². The molecule has 0 bridgehead atoms. The Bertz CT molecular complexity index is 160. The van der Waals surface area contributed by atoms with E-state index >= 15 is 0 Å². The molecule has 0 saturated carbocycles. The molecule has 0 aliphatic carbocycles. The van der Waals surface area contributed by atoms with Crippen molar-refractivity contribution in [1.82, 2.24) is 0 Å². The van der Waals surface area contributed by atoms with Crippen LogP contribution in [0.15, 0.2) is 12.2 Å². The van der Waals surface area contributed by atoms with Gasteiger partial charge in [-0.1, -0.05) is 12.2 Å². The Labute approximate surface area is 87.2 Å². The summed E-state index contributed by atoms with van der Waals surface area (Å²) in [6, 6.07) is 0.657. The van der Waals surface area contributed by atoms with Gasteiger partial charge in [-0.15, -0.1) is 0 Å². The largest absolute Gasteiger partial charge is 0.502 e. The van der Waals surface area contributed by atoms with Gasteiger partial charge in [0.25, 0.3) is 0 Å². The number of ether oxygens (including phenoxy) is 1. The normalized spacial score (nSPS) is 11.7. The van der Waals surface area contributed by atoms with Crippen LogP contribution in [0.5, 0.6) is 0 Å². The smallest absolute Gasteiger partial charge is 0.377 e. The summed E-state index contributed by atoms with van der Waals surface area (Å²) in [5, 5.41) is 0. The van der Waals surface area contributed by atoms with Gasteiger partial charge < -0.3 is 18.0 Å². The molecule has 0 saturated heterocycles. The lowest BCUT2D eigenvalue weighted by Crippen LogP contribution is -2.43. The summed E-state index contributed by atoms with van der Waals surface area (Å²) < 4.78 is 21.1. The molecule has 0 aliphatic rings. The maximum Gasteiger partial charge on any atom is 0.502 e. The molecular weight excluding hydrogens is 200 g/mol. The zero-order valence-corrected chi connectivity index (χ0v) is 10.5. The van der Waals surface area contributed by atoms with Crippen molar-refractivity contribution in [2.24, 2.45) is 0 Å². The average molecular weight is 220 g/mol. The van der Waals surface area contributed by atoms with Crippen LogP contribution in [0.2, 0.25) is 6.04 Å². The van der Waals surface area contributed by atoms with Crippen LogP contribution in [-0.2, 0) is 18.0 Å². The number of hydrogen-bond donors (Lipinski definition) is 0.